The molecule has 1 aromatic carbocycles. The van der Waals surface area contributed by atoms with Crippen molar-refractivity contribution >= 4 is 5.97 Å². The van der Waals surface area contributed by atoms with Gasteiger partial charge in [-0.3, -0.25) is 4.79 Å². The fourth-order valence-electron chi connectivity index (χ4n) is 2.71. The highest BCUT2D eigenvalue weighted by molar-refractivity contribution is 5.78. The molecule has 1 aromatic rings. The SMILES string of the molecule is COC(=O)C(CN)(Cc1cc(F)ccc1C)C1CC1. The summed E-state index contributed by atoms with van der Waals surface area (Å²) >= 11 is 0. The lowest BCUT2D eigenvalue weighted by Gasteiger charge is -2.30. The number of halogens is 1. The van der Waals surface area contributed by atoms with E-state index in [0.717, 1.165) is 24.0 Å². The number of benzene rings is 1. The summed E-state index contributed by atoms with van der Waals surface area (Å²) in [5.74, 6) is -0.305. The van der Waals surface area contributed by atoms with Crippen molar-refractivity contribution in [2.45, 2.75) is 26.2 Å². The fraction of sp³-hybridized carbons (Fsp3) is 0.533. The average Bonchev–Trinajstić information content (AvgIpc) is 3.23. The summed E-state index contributed by atoms with van der Waals surface area (Å²) < 4.78 is 18.3. The molecule has 3 nitrogen and oxygen atoms in total. The summed E-state index contributed by atoms with van der Waals surface area (Å²) in [6, 6.07) is 4.65. The summed E-state index contributed by atoms with van der Waals surface area (Å²) in [5.41, 5.74) is 6.98. The number of hydrogen-bond donors (Lipinski definition) is 1. The number of nitrogens with two attached hydrogens (primary N) is 1. The summed E-state index contributed by atoms with van der Waals surface area (Å²) in [6.45, 7) is 2.15. The van der Waals surface area contributed by atoms with E-state index in [-0.39, 0.29) is 24.2 Å². The molecule has 0 bridgehead atoms. The lowest BCUT2D eigenvalue weighted by atomic mass is 9.76. The number of carbonyl (C=O) groups excluding carboxylic acids is 1. The lowest BCUT2D eigenvalue weighted by Crippen LogP contribution is -2.43. The lowest BCUT2D eigenvalue weighted by molar-refractivity contribution is -0.153. The smallest absolute Gasteiger partial charge is 0.313 e. The minimum atomic E-state index is -0.701. The highest BCUT2D eigenvalue weighted by Crippen LogP contribution is 2.48. The Hall–Kier alpha value is -1.42. The Morgan fingerprint density at radius 2 is 2.21 bits per heavy atom. The Morgan fingerprint density at radius 3 is 2.74 bits per heavy atom. The first-order valence-electron chi connectivity index (χ1n) is 6.57. The second kappa shape index (κ2) is 5.29. The molecule has 1 saturated carbocycles. The van der Waals surface area contributed by atoms with Gasteiger partial charge in [-0.05, 0) is 55.4 Å². The van der Waals surface area contributed by atoms with Gasteiger partial charge in [-0.25, -0.2) is 4.39 Å². The molecule has 2 N–H and O–H groups in total. The first-order chi connectivity index (χ1) is 9.03. The van der Waals surface area contributed by atoms with Gasteiger partial charge >= 0.3 is 5.97 Å². The highest BCUT2D eigenvalue weighted by atomic mass is 19.1. The van der Waals surface area contributed by atoms with Crippen LogP contribution in [0.4, 0.5) is 4.39 Å². The van der Waals surface area contributed by atoms with E-state index in [1.807, 2.05) is 6.92 Å². The van der Waals surface area contributed by atoms with Crippen molar-refractivity contribution in [3.05, 3.63) is 35.1 Å². The molecule has 4 heteroatoms. The van der Waals surface area contributed by atoms with Crippen molar-refractivity contribution in [1.82, 2.24) is 0 Å². The van der Waals surface area contributed by atoms with E-state index in [2.05, 4.69) is 0 Å². The van der Waals surface area contributed by atoms with Crippen LogP contribution in [0.1, 0.15) is 24.0 Å². The second-order valence-electron chi connectivity index (χ2n) is 5.37. The van der Waals surface area contributed by atoms with Gasteiger partial charge in [0.1, 0.15) is 5.82 Å². The van der Waals surface area contributed by atoms with E-state index >= 15 is 0 Å². The normalized spacial score (nSPS) is 17.9. The summed E-state index contributed by atoms with van der Waals surface area (Å²) in [4.78, 5) is 12.2. The van der Waals surface area contributed by atoms with E-state index in [4.69, 9.17) is 10.5 Å². The number of rotatable bonds is 5. The topological polar surface area (TPSA) is 52.3 Å². The standard InChI is InChI=1S/C15H20FNO2/c1-10-3-6-13(16)7-11(10)8-15(9-17,12-4-5-12)14(18)19-2/h3,6-7,12H,4-5,8-9,17H2,1-2H3. The predicted octanol–water partition coefficient (Wildman–Crippen LogP) is 2.20. The Kier molecular flexibility index (Phi) is 3.90. The molecule has 0 heterocycles. The summed E-state index contributed by atoms with van der Waals surface area (Å²) in [7, 11) is 1.38. The van der Waals surface area contributed by atoms with Gasteiger partial charge in [-0.2, -0.15) is 0 Å². The molecule has 0 aromatic heterocycles. The van der Waals surface area contributed by atoms with Gasteiger partial charge < -0.3 is 10.5 Å². The Morgan fingerprint density at radius 1 is 1.53 bits per heavy atom. The van der Waals surface area contributed by atoms with Crippen molar-refractivity contribution in [2.24, 2.45) is 17.1 Å². The number of ether oxygens (including phenoxy) is 1. The average molecular weight is 265 g/mol. The van der Waals surface area contributed by atoms with E-state index in [1.54, 1.807) is 6.07 Å². The van der Waals surface area contributed by atoms with Gasteiger partial charge in [0.15, 0.2) is 0 Å². The van der Waals surface area contributed by atoms with E-state index in [9.17, 15) is 9.18 Å². The first kappa shape index (κ1) is 14.0. The van der Waals surface area contributed by atoms with Crippen LogP contribution in [0, 0.1) is 24.1 Å². The van der Waals surface area contributed by atoms with Crippen LogP contribution in [-0.4, -0.2) is 19.6 Å². The molecule has 19 heavy (non-hydrogen) atoms. The van der Waals surface area contributed by atoms with Crippen LogP contribution < -0.4 is 5.73 Å². The third kappa shape index (κ3) is 2.63. The highest BCUT2D eigenvalue weighted by Gasteiger charge is 2.50. The van der Waals surface area contributed by atoms with Crippen molar-refractivity contribution in [2.75, 3.05) is 13.7 Å². The first-order valence-corrected chi connectivity index (χ1v) is 6.57. The van der Waals surface area contributed by atoms with Crippen LogP contribution in [0.25, 0.3) is 0 Å². The van der Waals surface area contributed by atoms with Gasteiger partial charge in [0, 0.05) is 6.54 Å². The maximum Gasteiger partial charge on any atom is 0.313 e. The van der Waals surface area contributed by atoms with Crippen molar-refractivity contribution < 1.29 is 13.9 Å². The maximum atomic E-state index is 13.4. The summed E-state index contributed by atoms with van der Waals surface area (Å²) in [5, 5.41) is 0. The molecule has 0 radical (unpaired) electrons. The molecule has 1 aliphatic carbocycles. The van der Waals surface area contributed by atoms with Crippen molar-refractivity contribution in [1.29, 1.82) is 0 Å². The Labute approximate surface area is 112 Å². The van der Waals surface area contributed by atoms with Crippen LogP contribution in [0.5, 0.6) is 0 Å². The number of carbonyl (C=O) groups is 1. The minimum Gasteiger partial charge on any atom is -0.469 e. The largest absolute Gasteiger partial charge is 0.469 e. The number of aryl methyl sites for hydroxylation is 1. The number of esters is 1. The summed E-state index contributed by atoms with van der Waals surface area (Å²) in [6.07, 6.45) is 2.42. The third-order valence-electron chi connectivity index (χ3n) is 4.13. The molecule has 0 aliphatic heterocycles. The Balaban J connectivity index is 2.34. The molecule has 104 valence electrons. The molecule has 1 atom stereocenters. The molecule has 1 aliphatic rings. The molecule has 1 fully saturated rings. The van der Waals surface area contributed by atoms with Crippen molar-refractivity contribution in [3.63, 3.8) is 0 Å². The molecule has 0 saturated heterocycles. The Bertz CT molecular complexity index is 485. The monoisotopic (exact) mass is 265 g/mol. The minimum absolute atomic E-state index is 0.236. The molecule has 0 amide bonds. The maximum absolute atomic E-state index is 13.4. The third-order valence-corrected chi connectivity index (χ3v) is 4.13. The zero-order valence-corrected chi connectivity index (χ0v) is 11.4. The zero-order chi connectivity index (χ0) is 14.0. The molecular formula is C15H20FNO2. The van der Waals surface area contributed by atoms with Gasteiger partial charge in [0.05, 0.1) is 12.5 Å². The van der Waals surface area contributed by atoms with E-state index in [1.165, 1.54) is 19.2 Å². The van der Waals surface area contributed by atoms with E-state index < -0.39 is 5.41 Å². The number of hydrogen-bond acceptors (Lipinski definition) is 3. The second-order valence-corrected chi connectivity index (χ2v) is 5.37. The van der Waals surface area contributed by atoms with Gasteiger partial charge in [-0.1, -0.05) is 6.07 Å². The van der Waals surface area contributed by atoms with Crippen LogP contribution in [0.2, 0.25) is 0 Å². The zero-order valence-electron chi connectivity index (χ0n) is 11.4. The fourth-order valence-corrected chi connectivity index (χ4v) is 2.71. The van der Waals surface area contributed by atoms with E-state index in [0.29, 0.717) is 6.42 Å². The van der Waals surface area contributed by atoms with Crippen molar-refractivity contribution in [3.8, 4) is 0 Å². The molecular weight excluding hydrogens is 245 g/mol. The van der Waals surface area contributed by atoms with Crippen LogP contribution >= 0.6 is 0 Å². The molecule has 0 spiro atoms. The van der Waals surface area contributed by atoms with Gasteiger partial charge in [-0.15, -0.1) is 0 Å². The van der Waals surface area contributed by atoms with Gasteiger partial charge in [0.2, 0.25) is 0 Å². The quantitative estimate of drug-likeness (QED) is 0.830. The van der Waals surface area contributed by atoms with Crippen LogP contribution in [0.15, 0.2) is 18.2 Å². The van der Waals surface area contributed by atoms with Gasteiger partial charge in [0.25, 0.3) is 0 Å². The number of methoxy groups -OCH3 is 1. The molecule has 2 rings (SSSR count). The van der Waals surface area contributed by atoms with Crippen LogP contribution in [0.3, 0.4) is 0 Å². The predicted molar refractivity (Wildman–Crippen MR) is 71.1 cm³/mol. The van der Waals surface area contributed by atoms with Crippen LogP contribution in [-0.2, 0) is 16.0 Å². The molecule has 1 unspecified atom stereocenters.